The zero-order chi connectivity index (χ0) is 19.9. The molecule has 0 bridgehead atoms. The number of rotatable bonds is 4. The van der Waals surface area contributed by atoms with Gasteiger partial charge in [0.15, 0.2) is 0 Å². The molecule has 28 heavy (non-hydrogen) atoms. The van der Waals surface area contributed by atoms with E-state index in [0.29, 0.717) is 30.7 Å². The van der Waals surface area contributed by atoms with Gasteiger partial charge in [0.05, 0.1) is 11.7 Å². The first-order valence-electron chi connectivity index (χ1n) is 10.3. The van der Waals surface area contributed by atoms with E-state index in [0.717, 1.165) is 32.1 Å². The number of carbonyl (C=O) groups excluding carboxylic acids is 2. The number of amides is 3. The molecule has 6 nitrogen and oxygen atoms in total. The average Bonchev–Trinajstić information content (AvgIpc) is 3.42. The second kappa shape index (κ2) is 7.35. The summed E-state index contributed by atoms with van der Waals surface area (Å²) in [4.78, 5) is 29.4. The molecule has 3 aliphatic rings. The molecule has 1 saturated carbocycles. The molecule has 0 unspecified atom stereocenters. The number of nitrogens with one attached hydrogen (secondary N) is 2. The van der Waals surface area contributed by atoms with E-state index in [4.69, 9.17) is 0 Å². The largest absolute Gasteiger partial charge is 0.324 e. The van der Waals surface area contributed by atoms with Gasteiger partial charge in [-0.1, -0.05) is 19.9 Å². The Balaban J connectivity index is 1.41. The third-order valence-corrected chi connectivity index (χ3v) is 6.01. The topological polar surface area (TPSA) is 64.7 Å². The van der Waals surface area contributed by atoms with Crippen molar-refractivity contribution in [2.45, 2.75) is 63.7 Å². The first-order chi connectivity index (χ1) is 13.4. The fraction of sp³-hybridized carbons (Fsp3) is 0.619. The summed E-state index contributed by atoms with van der Waals surface area (Å²) in [6, 6.07) is 5.93. The molecule has 3 fully saturated rings. The van der Waals surface area contributed by atoms with E-state index >= 15 is 0 Å². The molecule has 2 heterocycles. The number of urea groups is 1. The maximum Gasteiger partial charge on any atom is 0.321 e. The summed E-state index contributed by atoms with van der Waals surface area (Å²) in [6.45, 7) is 5.42. The highest BCUT2D eigenvalue weighted by molar-refractivity contribution is 5.89. The van der Waals surface area contributed by atoms with Crippen LogP contribution in [0.2, 0.25) is 0 Å². The van der Waals surface area contributed by atoms with Gasteiger partial charge in [0.2, 0.25) is 5.91 Å². The van der Waals surface area contributed by atoms with Crippen LogP contribution in [0.25, 0.3) is 0 Å². The molecule has 1 aliphatic carbocycles. The molecule has 2 saturated heterocycles. The van der Waals surface area contributed by atoms with Crippen LogP contribution in [0.1, 0.15) is 46.0 Å². The molecule has 4 rings (SSSR count). The maximum absolute atomic E-state index is 13.3. The fourth-order valence-corrected chi connectivity index (χ4v) is 4.56. The van der Waals surface area contributed by atoms with Crippen molar-refractivity contribution in [3.05, 3.63) is 30.1 Å². The first kappa shape index (κ1) is 19.2. The van der Waals surface area contributed by atoms with Crippen LogP contribution < -0.4 is 10.6 Å². The van der Waals surface area contributed by atoms with Crippen molar-refractivity contribution in [1.29, 1.82) is 0 Å². The molecular weight excluding hydrogens is 359 g/mol. The lowest BCUT2D eigenvalue weighted by atomic mass is 9.95. The van der Waals surface area contributed by atoms with Gasteiger partial charge in [-0.05, 0) is 43.4 Å². The summed E-state index contributed by atoms with van der Waals surface area (Å²) in [5.41, 5.74) is 0.129. The minimum absolute atomic E-state index is 0.117. The number of benzene rings is 1. The van der Waals surface area contributed by atoms with Crippen LogP contribution in [0.15, 0.2) is 24.3 Å². The van der Waals surface area contributed by atoms with Crippen molar-refractivity contribution in [3.8, 4) is 0 Å². The Kier molecular flexibility index (Phi) is 5.04. The number of hydrogen-bond acceptors (Lipinski definition) is 3. The molecule has 1 aromatic carbocycles. The van der Waals surface area contributed by atoms with Crippen molar-refractivity contribution < 1.29 is 14.0 Å². The van der Waals surface area contributed by atoms with Crippen LogP contribution in [0.5, 0.6) is 0 Å². The molecule has 1 atom stereocenters. The van der Waals surface area contributed by atoms with Gasteiger partial charge in [0, 0.05) is 37.7 Å². The first-order valence-corrected chi connectivity index (χ1v) is 10.3. The van der Waals surface area contributed by atoms with E-state index in [2.05, 4.69) is 29.4 Å². The normalized spacial score (nSPS) is 24.3. The van der Waals surface area contributed by atoms with Gasteiger partial charge >= 0.3 is 6.03 Å². The van der Waals surface area contributed by atoms with Crippen LogP contribution in [0.3, 0.4) is 0 Å². The van der Waals surface area contributed by atoms with Gasteiger partial charge in [0.1, 0.15) is 5.82 Å². The van der Waals surface area contributed by atoms with Crippen LogP contribution in [-0.4, -0.2) is 52.6 Å². The van der Waals surface area contributed by atoms with Crippen LogP contribution in [0, 0.1) is 11.7 Å². The molecule has 0 aromatic heterocycles. The number of likely N-dealkylation sites (tertiary alicyclic amines) is 1. The van der Waals surface area contributed by atoms with Crippen molar-refractivity contribution in [2.75, 3.05) is 18.4 Å². The Hall–Kier alpha value is -2.15. The number of piperidine rings is 1. The predicted octanol–water partition coefficient (Wildman–Crippen LogP) is 3.16. The van der Waals surface area contributed by atoms with Crippen molar-refractivity contribution in [2.24, 2.45) is 5.92 Å². The zero-order valence-electron chi connectivity index (χ0n) is 16.6. The second-order valence-corrected chi connectivity index (χ2v) is 8.73. The number of hydrogen-bond donors (Lipinski definition) is 2. The summed E-state index contributed by atoms with van der Waals surface area (Å²) in [7, 11) is 0. The van der Waals surface area contributed by atoms with Crippen molar-refractivity contribution in [3.63, 3.8) is 0 Å². The van der Waals surface area contributed by atoms with Crippen LogP contribution >= 0.6 is 0 Å². The van der Waals surface area contributed by atoms with Gasteiger partial charge in [-0.2, -0.15) is 0 Å². The molecule has 3 amide bonds. The van der Waals surface area contributed by atoms with Gasteiger partial charge < -0.3 is 15.1 Å². The Labute approximate surface area is 165 Å². The summed E-state index contributed by atoms with van der Waals surface area (Å²) >= 11 is 0. The maximum atomic E-state index is 13.3. The smallest absolute Gasteiger partial charge is 0.321 e. The summed E-state index contributed by atoms with van der Waals surface area (Å²) < 4.78 is 13.3. The van der Waals surface area contributed by atoms with E-state index in [1.165, 1.54) is 12.1 Å². The quantitative estimate of drug-likeness (QED) is 0.833. The van der Waals surface area contributed by atoms with Crippen LogP contribution in [-0.2, 0) is 4.79 Å². The van der Waals surface area contributed by atoms with E-state index in [1.807, 2.05) is 0 Å². The van der Waals surface area contributed by atoms with E-state index < -0.39 is 0 Å². The van der Waals surface area contributed by atoms with Gasteiger partial charge in [-0.15, -0.1) is 0 Å². The summed E-state index contributed by atoms with van der Waals surface area (Å²) in [5.74, 6) is 0.309. The third kappa shape index (κ3) is 3.72. The highest BCUT2D eigenvalue weighted by Gasteiger charge is 2.56. The van der Waals surface area contributed by atoms with Gasteiger partial charge in [-0.3, -0.25) is 10.1 Å². The molecule has 0 radical (unpaired) electrons. The van der Waals surface area contributed by atoms with Gasteiger partial charge in [-0.25, -0.2) is 9.18 Å². The highest BCUT2D eigenvalue weighted by atomic mass is 19.1. The Morgan fingerprint density at radius 3 is 2.64 bits per heavy atom. The molecule has 1 spiro atoms. The molecule has 152 valence electrons. The molecule has 2 aliphatic heterocycles. The molecule has 2 N–H and O–H groups in total. The van der Waals surface area contributed by atoms with E-state index in [9.17, 15) is 14.0 Å². The lowest BCUT2D eigenvalue weighted by Crippen LogP contribution is -2.60. The van der Waals surface area contributed by atoms with Gasteiger partial charge in [0.25, 0.3) is 0 Å². The van der Waals surface area contributed by atoms with Crippen molar-refractivity contribution >= 4 is 17.6 Å². The summed E-state index contributed by atoms with van der Waals surface area (Å²) in [5, 5.41) is 6.41. The molecule has 1 aromatic rings. The Morgan fingerprint density at radius 1 is 1.32 bits per heavy atom. The molecular formula is C21H29FN4O2. The van der Waals surface area contributed by atoms with E-state index in [-0.39, 0.29) is 29.5 Å². The monoisotopic (exact) mass is 388 g/mol. The predicted molar refractivity (Wildman–Crippen MR) is 105 cm³/mol. The highest BCUT2D eigenvalue weighted by Crippen LogP contribution is 2.41. The SMILES string of the molecule is CC(C)C[C@H]1NC2(CCN(C(=O)Nc3cccc(F)c3)CC2)N(C2CC2)C1=O. The average molecular weight is 388 g/mol. The number of halogens is 1. The van der Waals surface area contributed by atoms with Crippen LogP contribution in [0.4, 0.5) is 14.9 Å². The number of nitrogens with zero attached hydrogens (tertiary/aromatic N) is 2. The van der Waals surface area contributed by atoms with E-state index in [1.54, 1.807) is 17.0 Å². The molecule has 7 heteroatoms. The minimum Gasteiger partial charge on any atom is -0.324 e. The zero-order valence-corrected chi connectivity index (χ0v) is 16.6. The van der Waals surface area contributed by atoms with Crippen molar-refractivity contribution in [1.82, 2.24) is 15.1 Å². The standard InChI is InChI=1S/C21H29FN4O2/c1-14(2)12-18-19(27)26(17-6-7-17)21(24-18)8-10-25(11-9-21)20(28)23-16-5-3-4-15(22)13-16/h3-5,13-14,17-18,24H,6-12H2,1-2H3,(H,23,28)/t18-/m1/s1. The Bertz CT molecular complexity index is 757. The Morgan fingerprint density at radius 2 is 2.04 bits per heavy atom. The number of anilines is 1. The minimum atomic E-state index is -0.375. The lowest BCUT2D eigenvalue weighted by Gasteiger charge is -2.44. The second-order valence-electron chi connectivity index (χ2n) is 8.73. The lowest BCUT2D eigenvalue weighted by molar-refractivity contribution is -0.134. The number of carbonyl (C=O) groups is 2. The third-order valence-electron chi connectivity index (χ3n) is 6.01. The fourth-order valence-electron chi connectivity index (χ4n) is 4.56. The summed E-state index contributed by atoms with van der Waals surface area (Å²) in [6.07, 6.45) is 4.44.